The van der Waals surface area contributed by atoms with Crippen molar-refractivity contribution in [2.24, 2.45) is 0 Å². The van der Waals surface area contributed by atoms with Crippen LogP contribution in [-0.2, 0) is 17.8 Å². The molecule has 0 aliphatic carbocycles. The number of benzene rings is 2. The molecule has 0 atom stereocenters. The van der Waals surface area contributed by atoms with Crippen molar-refractivity contribution in [2.75, 3.05) is 24.7 Å². The number of rotatable bonds is 2. The number of ether oxygens (including phenoxy) is 2. The molecule has 1 aromatic heterocycles. The molecule has 5 rings (SSSR count). The summed E-state index contributed by atoms with van der Waals surface area (Å²) >= 11 is 0. The van der Waals surface area contributed by atoms with Crippen LogP contribution in [-0.4, -0.2) is 35.2 Å². The number of amides is 1. The van der Waals surface area contributed by atoms with Crippen molar-refractivity contribution in [1.29, 1.82) is 0 Å². The molecule has 2 aliphatic rings. The Kier molecular flexibility index (Phi) is 3.38. The Morgan fingerprint density at radius 2 is 1.92 bits per heavy atom. The van der Waals surface area contributed by atoms with Gasteiger partial charge in [-0.15, -0.1) is 0 Å². The minimum Gasteiger partial charge on any atom is -0.486 e. The summed E-state index contributed by atoms with van der Waals surface area (Å²) in [6.07, 6.45) is 0.907. The van der Waals surface area contributed by atoms with Crippen LogP contribution >= 0.6 is 0 Å². The number of hydrogen-bond donors (Lipinski definition) is 0. The van der Waals surface area contributed by atoms with Gasteiger partial charge in [0.05, 0.1) is 11.0 Å². The van der Waals surface area contributed by atoms with Crippen LogP contribution in [0.4, 0.5) is 5.69 Å². The monoisotopic (exact) mass is 349 g/mol. The molecular weight excluding hydrogens is 330 g/mol. The lowest BCUT2D eigenvalue weighted by atomic mass is 10.2. The number of anilines is 1. The van der Waals surface area contributed by atoms with E-state index in [0.29, 0.717) is 24.7 Å². The molecule has 0 N–H and O–H groups in total. The van der Waals surface area contributed by atoms with Gasteiger partial charge in [0, 0.05) is 24.4 Å². The fourth-order valence-electron chi connectivity index (χ4n) is 3.80. The number of nitrogens with zero attached hydrogens (tertiary/aromatic N) is 3. The molecule has 3 heterocycles. The van der Waals surface area contributed by atoms with Crippen LogP contribution in [0.3, 0.4) is 0 Å². The number of fused-ring (bicyclic) bond motifs is 3. The Morgan fingerprint density at radius 1 is 1.15 bits per heavy atom. The van der Waals surface area contributed by atoms with E-state index in [0.717, 1.165) is 35.5 Å². The van der Waals surface area contributed by atoms with Gasteiger partial charge in [-0.2, -0.15) is 0 Å². The molecule has 0 bridgehead atoms. The number of hydrogen-bond acceptors (Lipinski definition) is 4. The SMILES string of the molecule is Cc1nc2cc3c(cc2n1CC(=O)N1CCc2ccccc21)OCCO3. The Morgan fingerprint density at radius 3 is 2.77 bits per heavy atom. The van der Waals surface area contributed by atoms with Crippen LogP contribution in [0.2, 0.25) is 0 Å². The third kappa shape index (κ3) is 2.33. The van der Waals surface area contributed by atoms with Crippen LogP contribution in [0.1, 0.15) is 11.4 Å². The zero-order valence-corrected chi connectivity index (χ0v) is 14.6. The largest absolute Gasteiger partial charge is 0.486 e. The lowest BCUT2D eigenvalue weighted by Gasteiger charge is -2.20. The highest BCUT2D eigenvalue weighted by molar-refractivity contribution is 5.96. The van der Waals surface area contributed by atoms with E-state index in [-0.39, 0.29) is 12.5 Å². The quantitative estimate of drug-likeness (QED) is 0.714. The van der Waals surface area contributed by atoms with Crippen molar-refractivity contribution in [1.82, 2.24) is 9.55 Å². The van der Waals surface area contributed by atoms with Gasteiger partial charge in [-0.1, -0.05) is 18.2 Å². The van der Waals surface area contributed by atoms with Gasteiger partial charge in [0.15, 0.2) is 11.5 Å². The molecule has 0 radical (unpaired) electrons. The summed E-state index contributed by atoms with van der Waals surface area (Å²) in [6, 6.07) is 11.9. The molecule has 0 saturated heterocycles. The first-order valence-corrected chi connectivity index (χ1v) is 8.85. The number of imidazole rings is 1. The number of carbonyl (C=O) groups excluding carboxylic acids is 1. The second kappa shape index (κ2) is 5.76. The molecule has 1 amide bonds. The molecule has 6 nitrogen and oxygen atoms in total. The average Bonchev–Trinajstić information content (AvgIpc) is 3.21. The van der Waals surface area contributed by atoms with E-state index in [4.69, 9.17) is 9.47 Å². The lowest BCUT2D eigenvalue weighted by molar-refractivity contribution is -0.119. The highest BCUT2D eigenvalue weighted by Gasteiger charge is 2.25. The summed E-state index contributed by atoms with van der Waals surface area (Å²) in [4.78, 5) is 19.5. The maximum atomic E-state index is 13.0. The lowest BCUT2D eigenvalue weighted by Crippen LogP contribution is -2.32. The predicted octanol–water partition coefficient (Wildman–Crippen LogP) is 2.71. The van der Waals surface area contributed by atoms with Crippen LogP contribution < -0.4 is 14.4 Å². The summed E-state index contributed by atoms with van der Waals surface area (Å²) < 4.78 is 13.3. The van der Waals surface area contributed by atoms with Gasteiger partial charge in [-0.05, 0) is 25.0 Å². The number of para-hydroxylation sites is 1. The first-order chi connectivity index (χ1) is 12.7. The third-order valence-corrected chi connectivity index (χ3v) is 5.08. The molecule has 0 saturated carbocycles. The van der Waals surface area contributed by atoms with Crippen LogP contribution in [0, 0.1) is 6.92 Å². The zero-order valence-electron chi connectivity index (χ0n) is 14.6. The van der Waals surface area contributed by atoms with E-state index in [9.17, 15) is 4.79 Å². The Bertz CT molecular complexity index is 1020. The minimum atomic E-state index is 0.0761. The number of carbonyl (C=O) groups is 1. The summed E-state index contributed by atoms with van der Waals surface area (Å²) in [6.45, 7) is 4.00. The second-order valence-electron chi connectivity index (χ2n) is 6.65. The molecule has 0 unspecified atom stereocenters. The summed E-state index contributed by atoms with van der Waals surface area (Å²) in [5, 5.41) is 0. The molecule has 26 heavy (non-hydrogen) atoms. The van der Waals surface area contributed by atoms with Gasteiger partial charge in [0.25, 0.3) is 0 Å². The van der Waals surface area contributed by atoms with Gasteiger partial charge in [0.2, 0.25) is 5.91 Å². The third-order valence-electron chi connectivity index (χ3n) is 5.08. The van der Waals surface area contributed by atoms with Gasteiger partial charge < -0.3 is 18.9 Å². The average molecular weight is 349 g/mol. The van der Waals surface area contributed by atoms with E-state index in [2.05, 4.69) is 11.1 Å². The van der Waals surface area contributed by atoms with Gasteiger partial charge in [0.1, 0.15) is 25.6 Å². The van der Waals surface area contributed by atoms with E-state index in [1.807, 2.05) is 46.7 Å². The van der Waals surface area contributed by atoms with Gasteiger partial charge in [-0.25, -0.2) is 4.98 Å². The highest BCUT2D eigenvalue weighted by atomic mass is 16.6. The predicted molar refractivity (Wildman–Crippen MR) is 98.0 cm³/mol. The van der Waals surface area contributed by atoms with Gasteiger partial charge in [-0.3, -0.25) is 4.79 Å². The molecule has 0 spiro atoms. The van der Waals surface area contributed by atoms with E-state index in [1.165, 1.54) is 5.56 Å². The molecule has 2 aliphatic heterocycles. The number of aromatic nitrogens is 2. The van der Waals surface area contributed by atoms with Crippen molar-refractivity contribution in [2.45, 2.75) is 19.9 Å². The first-order valence-electron chi connectivity index (χ1n) is 8.85. The van der Waals surface area contributed by atoms with Crippen LogP contribution in [0.15, 0.2) is 36.4 Å². The van der Waals surface area contributed by atoms with Crippen LogP contribution in [0.25, 0.3) is 11.0 Å². The fraction of sp³-hybridized carbons (Fsp3) is 0.300. The summed E-state index contributed by atoms with van der Waals surface area (Å²) in [5.74, 6) is 2.31. The van der Waals surface area contributed by atoms with Crippen molar-refractivity contribution in [3.8, 4) is 11.5 Å². The molecule has 2 aromatic carbocycles. The van der Waals surface area contributed by atoms with E-state index >= 15 is 0 Å². The minimum absolute atomic E-state index is 0.0761. The van der Waals surface area contributed by atoms with Crippen LogP contribution in [0.5, 0.6) is 11.5 Å². The molecule has 6 heteroatoms. The topological polar surface area (TPSA) is 56.6 Å². The van der Waals surface area contributed by atoms with E-state index in [1.54, 1.807) is 0 Å². The molecule has 3 aromatic rings. The normalized spacial score (nSPS) is 15.3. The maximum Gasteiger partial charge on any atom is 0.247 e. The Labute approximate surface area is 151 Å². The smallest absolute Gasteiger partial charge is 0.247 e. The molecule has 132 valence electrons. The van der Waals surface area contributed by atoms with Crippen molar-refractivity contribution in [3.05, 3.63) is 47.8 Å². The Hall–Kier alpha value is -3.02. The number of aryl methyl sites for hydroxylation is 1. The van der Waals surface area contributed by atoms with Crippen molar-refractivity contribution >= 4 is 22.6 Å². The highest BCUT2D eigenvalue weighted by Crippen LogP contribution is 2.35. The van der Waals surface area contributed by atoms with Crippen molar-refractivity contribution < 1.29 is 14.3 Å². The van der Waals surface area contributed by atoms with E-state index < -0.39 is 0 Å². The fourth-order valence-corrected chi connectivity index (χ4v) is 3.80. The maximum absolute atomic E-state index is 13.0. The molecule has 0 fully saturated rings. The van der Waals surface area contributed by atoms with Crippen molar-refractivity contribution in [3.63, 3.8) is 0 Å². The molecular formula is C20H19N3O3. The summed E-state index contributed by atoms with van der Waals surface area (Å²) in [5.41, 5.74) is 3.97. The standard InChI is InChI=1S/C20H19N3O3/c1-13-21-15-10-18-19(26-9-8-25-18)11-17(15)23(13)12-20(24)22-7-6-14-4-2-3-5-16(14)22/h2-5,10-11H,6-9,12H2,1H3. The second-order valence-corrected chi connectivity index (χ2v) is 6.65. The zero-order chi connectivity index (χ0) is 17.7. The summed E-state index contributed by atoms with van der Waals surface area (Å²) in [7, 11) is 0. The Balaban J connectivity index is 1.50. The van der Waals surface area contributed by atoms with Gasteiger partial charge >= 0.3 is 0 Å². The first kappa shape index (κ1) is 15.3.